The smallest absolute Gasteiger partial charge is 0.407 e. The van der Waals surface area contributed by atoms with Gasteiger partial charge in [0.15, 0.2) is 5.82 Å². The third-order valence-corrected chi connectivity index (χ3v) is 6.56. The summed E-state index contributed by atoms with van der Waals surface area (Å²) in [5, 5.41) is 3.09. The predicted octanol–water partition coefficient (Wildman–Crippen LogP) is 7.66. The monoisotopic (exact) mass is 597 g/mol. The van der Waals surface area contributed by atoms with Crippen LogP contribution in [-0.2, 0) is 17.9 Å². The van der Waals surface area contributed by atoms with Crippen molar-refractivity contribution in [3.8, 4) is 17.3 Å². The van der Waals surface area contributed by atoms with Gasteiger partial charge in [-0.3, -0.25) is 4.79 Å². The van der Waals surface area contributed by atoms with Crippen LogP contribution in [0.4, 0.5) is 4.79 Å². The Labute approximate surface area is 260 Å². The summed E-state index contributed by atoms with van der Waals surface area (Å²) in [6, 6.07) is 10.4. The highest BCUT2D eigenvalue weighted by atomic mass is 16.6. The van der Waals surface area contributed by atoms with Crippen LogP contribution in [0.5, 0.6) is 5.75 Å². The molecule has 0 bridgehead atoms. The SMILES string of the molecule is C=C/C=C\C=CC(C(C)/C=C\C=C/C)[C@@H](Cn1ccnc1-c1occc(=O)c1OCc1ccccc1)NC(=O)OC(C)(C)C. The van der Waals surface area contributed by atoms with Crippen LogP contribution in [0.15, 0.2) is 126 Å². The molecule has 232 valence electrons. The Bertz CT molecular complexity index is 1520. The average Bonchev–Trinajstić information content (AvgIpc) is 3.43. The lowest BCUT2D eigenvalue weighted by molar-refractivity contribution is 0.0481. The van der Waals surface area contributed by atoms with Crippen LogP contribution in [0.2, 0.25) is 0 Å². The molecule has 0 aliphatic carbocycles. The van der Waals surface area contributed by atoms with E-state index in [1.54, 1.807) is 18.5 Å². The zero-order valence-electron chi connectivity index (χ0n) is 26.2. The highest BCUT2D eigenvalue weighted by molar-refractivity contribution is 5.68. The van der Waals surface area contributed by atoms with Crippen molar-refractivity contribution in [3.63, 3.8) is 0 Å². The largest absolute Gasteiger partial charge is 0.481 e. The number of benzene rings is 1. The van der Waals surface area contributed by atoms with Crippen LogP contribution in [0.1, 0.15) is 40.2 Å². The Kier molecular flexibility index (Phi) is 12.8. The summed E-state index contributed by atoms with van der Waals surface area (Å²) in [4.78, 5) is 30.6. The quantitative estimate of drug-likeness (QED) is 0.192. The van der Waals surface area contributed by atoms with Crippen molar-refractivity contribution in [1.82, 2.24) is 14.9 Å². The van der Waals surface area contributed by atoms with Crippen molar-refractivity contribution in [2.45, 2.75) is 59.4 Å². The molecule has 2 unspecified atom stereocenters. The molecule has 0 saturated heterocycles. The summed E-state index contributed by atoms with van der Waals surface area (Å²) in [5.41, 5.74) is -0.0904. The minimum atomic E-state index is -0.678. The maximum atomic E-state index is 13.1. The first-order valence-corrected chi connectivity index (χ1v) is 14.7. The van der Waals surface area contributed by atoms with Crippen molar-refractivity contribution in [2.24, 2.45) is 11.8 Å². The molecule has 0 fully saturated rings. The van der Waals surface area contributed by atoms with E-state index in [2.05, 4.69) is 36.0 Å². The van der Waals surface area contributed by atoms with Crippen molar-refractivity contribution in [3.05, 3.63) is 132 Å². The molecule has 0 saturated carbocycles. The molecule has 3 aromatic rings. The summed E-state index contributed by atoms with van der Waals surface area (Å²) in [6.07, 6.45) is 21.6. The molecule has 3 rings (SSSR count). The summed E-state index contributed by atoms with van der Waals surface area (Å²) in [6.45, 7) is 13.7. The lowest BCUT2D eigenvalue weighted by Crippen LogP contribution is -2.46. The molecular formula is C36H43N3O5. The fourth-order valence-corrected chi connectivity index (χ4v) is 4.52. The molecular weight excluding hydrogens is 554 g/mol. The van der Waals surface area contributed by atoms with Gasteiger partial charge in [-0.2, -0.15) is 0 Å². The number of carbonyl (C=O) groups excluding carboxylic acids is 1. The Morgan fingerprint density at radius 1 is 1.09 bits per heavy atom. The standard InChI is InChI=1S/C36H43N3O5/c1-7-9-11-16-20-29(27(3)17-13-10-8-2)30(38-35(41)44-36(4,5)6)25-39-23-22-37-34(39)33-32(31(40)21-24-42-33)43-26-28-18-14-12-15-19-28/h7-24,27,29-30H,1,25-26H2,2-6H3,(H,38,41)/b10-8-,11-9-,17-13-,20-16?/t27?,29?,30-/m1/s1. The molecule has 2 aromatic heterocycles. The first kappa shape index (κ1) is 33.6. The normalized spacial score (nSPS) is 14.3. The van der Waals surface area contributed by atoms with Crippen molar-refractivity contribution in [2.75, 3.05) is 0 Å². The average molecular weight is 598 g/mol. The van der Waals surface area contributed by atoms with Gasteiger partial charge in [0.2, 0.25) is 16.9 Å². The summed E-state index contributed by atoms with van der Waals surface area (Å²) in [7, 11) is 0. The van der Waals surface area contributed by atoms with E-state index < -0.39 is 17.7 Å². The predicted molar refractivity (Wildman–Crippen MR) is 175 cm³/mol. The second kappa shape index (κ2) is 16.7. The minimum Gasteiger partial charge on any atom is -0.481 e. The molecule has 1 N–H and O–H groups in total. The Morgan fingerprint density at radius 3 is 2.55 bits per heavy atom. The van der Waals surface area contributed by atoms with Gasteiger partial charge in [-0.05, 0) is 39.2 Å². The molecule has 2 heterocycles. The number of imidazole rings is 1. The molecule has 0 radical (unpaired) electrons. The summed E-state index contributed by atoms with van der Waals surface area (Å²) in [5.74, 6) is 0.523. The molecule has 8 heteroatoms. The molecule has 8 nitrogen and oxygen atoms in total. The number of hydrogen-bond donors (Lipinski definition) is 1. The Balaban J connectivity index is 2.03. The second-order valence-corrected chi connectivity index (χ2v) is 11.2. The number of aromatic nitrogens is 2. The third-order valence-electron chi connectivity index (χ3n) is 6.56. The lowest BCUT2D eigenvalue weighted by Gasteiger charge is -2.31. The van der Waals surface area contributed by atoms with Gasteiger partial charge in [-0.25, -0.2) is 9.78 Å². The third kappa shape index (κ3) is 10.5. The fraction of sp³-hybridized carbons (Fsp3) is 0.306. The fourth-order valence-electron chi connectivity index (χ4n) is 4.52. The van der Waals surface area contributed by atoms with Crippen molar-refractivity contribution in [1.29, 1.82) is 0 Å². The number of ether oxygens (including phenoxy) is 2. The number of allylic oxidation sites excluding steroid dienone is 8. The number of hydrogen-bond acceptors (Lipinski definition) is 6. The van der Waals surface area contributed by atoms with Gasteiger partial charge in [0.05, 0.1) is 12.3 Å². The van der Waals surface area contributed by atoms with Gasteiger partial charge in [-0.1, -0.05) is 98.5 Å². The van der Waals surface area contributed by atoms with Crippen molar-refractivity contribution >= 4 is 6.09 Å². The van der Waals surface area contributed by atoms with Gasteiger partial charge in [0.1, 0.15) is 12.2 Å². The van der Waals surface area contributed by atoms with Crippen LogP contribution in [-0.4, -0.2) is 27.3 Å². The lowest BCUT2D eigenvalue weighted by atomic mass is 9.86. The Hall–Kier alpha value is -4.85. The zero-order chi connectivity index (χ0) is 32.0. The highest BCUT2D eigenvalue weighted by Gasteiger charge is 2.29. The van der Waals surface area contributed by atoms with Crippen LogP contribution in [0.25, 0.3) is 11.6 Å². The molecule has 0 aliphatic heterocycles. The topological polar surface area (TPSA) is 95.6 Å². The highest BCUT2D eigenvalue weighted by Crippen LogP contribution is 2.28. The summed E-state index contributed by atoms with van der Waals surface area (Å²) < 4.78 is 19.3. The number of rotatable bonds is 14. The molecule has 44 heavy (non-hydrogen) atoms. The maximum absolute atomic E-state index is 13.1. The maximum Gasteiger partial charge on any atom is 0.407 e. The molecule has 0 spiro atoms. The Morgan fingerprint density at radius 2 is 1.84 bits per heavy atom. The number of alkyl carbamates (subject to hydrolysis) is 1. The van der Waals surface area contributed by atoms with Crippen LogP contribution < -0.4 is 15.5 Å². The van der Waals surface area contributed by atoms with E-state index in [0.717, 1.165) is 5.56 Å². The van der Waals surface area contributed by atoms with Gasteiger partial charge < -0.3 is 23.8 Å². The zero-order valence-corrected chi connectivity index (χ0v) is 26.2. The number of carbonyl (C=O) groups is 1. The number of nitrogens with zero attached hydrogens (tertiary/aromatic N) is 2. The van der Waals surface area contributed by atoms with E-state index in [9.17, 15) is 9.59 Å². The van der Waals surface area contributed by atoms with Crippen molar-refractivity contribution < 1.29 is 18.7 Å². The number of nitrogens with one attached hydrogen (secondary N) is 1. The first-order chi connectivity index (χ1) is 21.1. The molecule has 0 aliphatic rings. The molecule has 1 aromatic carbocycles. The summed E-state index contributed by atoms with van der Waals surface area (Å²) >= 11 is 0. The van der Waals surface area contributed by atoms with E-state index in [4.69, 9.17) is 13.9 Å². The first-order valence-electron chi connectivity index (χ1n) is 14.7. The van der Waals surface area contributed by atoms with Crippen LogP contribution in [0, 0.1) is 11.8 Å². The van der Waals surface area contributed by atoms with Gasteiger partial charge in [0, 0.05) is 30.9 Å². The van der Waals surface area contributed by atoms with E-state index >= 15 is 0 Å². The van der Waals surface area contributed by atoms with E-state index in [1.807, 2.05) is 99.1 Å². The van der Waals surface area contributed by atoms with Crippen LogP contribution >= 0.6 is 0 Å². The van der Waals surface area contributed by atoms with Crippen LogP contribution in [0.3, 0.4) is 0 Å². The second-order valence-electron chi connectivity index (χ2n) is 11.2. The van der Waals surface area contributed by atoms with Gasteiger partial charge >= 0.3 is 6.09 Å². The van der Waals surface area contributed by atoms with Gasteiger partial charge in [0.25, 0.3) is 0 Å². The van der Waals surface area contributed by atoms with E-state index in [0.29, 0.717) is 12.4 Å². The number of amides is 1. The molecule has 3 atom stereocenters. The van der Waals surface area contributed by atoms with Gasteiger partial charge in [-0.15, -0.1) is 0 Å². The molecule has 1 amide bonds. The van der Waals surface area contributed by atoms with E-state index in [1.165, 1.54) is 12.3 Å². The van der Waals surface area contributed by atoms with E-state index in [-0.39, 0.29) is 35.4 Å². The minimum absolute atomic E-state index is 0.0194.